The minimum atomic E-state index is -1.80. The molecule has 0 aliphatic carbocycles. The first kappa shape index (κ1) is 17.6. The van der Waals surface area contributed by atoms with Gasteiger partial charge in [0.25, 0.3) is 0 Å². The molecular formula is C18H22BrClOSi. The van der Waals surface area contributed by atoms with E-state index in [1.165, 1.54) is 0 Å². The van der Waals surface area contributed by atoms with Crippen LogP contribution in [0.1, 0.15) is 20.8 Å². The zero-order chi connectivity index (χ0) is 16.5. The van der Waals surface area contributed by atoms with Gasteiger partial charge in [0.05, 0.1) is 0 Å². The Balaban J connectivity index is 2.26. The molecule has 0 saturated heterocycles. The summed E-state index contributed by atoms with van der Waals surface area (Å²) in [7, 11) is -1.80. The lowest BCUT2D eigenvalue weighted by Gasteiger charge is -2.36. The second-order valence-corrected chi connectivity index (χ2v) is 13.1. The highest BCUT2D eigenvalue weighted by atomic mass is 79.9. The molecule has 0 amide bonds. The topological polar surface area (TPSA) is 9.23 Å². The van der Waals surface area contributed by atoms with Crippen LogP contribution in [0.5, 0.6) is 5.75 Å². The average Bonchev–Trinajstić information content (AvgIpc) is 2.41. The normalized spacial score (nSPS) is 12.3. The van der Waals surface area contributed by atoms with Gasteiger partial charge in [0, 0.05) is 15.1 Å². The van der Waals surface area contributed by atoms with Crippen LogP contribution in [0.4, 0.5) is 0 Å². The summed E-state index contributed by atoms with van der Waals surface area (Å²) in [5.74, 6) is 0.932. The molecule has 0 fully saturated rings. The molecule has 0 aromatic heterocycles. The molecule has 0 radical (unpaired) electrons. The van der Waals surface area contributed by atoms with Gasteiger partial charge >= 0.3 is 0 Å². The Kier molecular flexibility index (Phi) is 5.10. The molecule has 0 spiro atoms. The van der Waals surface area contributed by atoms with Crippen molar-refractivity contribution in [1.82, 2.24) is 0 Å². The van der Waals surface area contributed by atoms with Gasteiger partial charge in [0.15, 0.2) is 0 Å². The van der Waals surface area contributed by atoms with Crippen molar-refractivity contribution in [3.8, 4) is 16.9 Å². The average molecular weight is 398 g/mol. The second kappa shape index (κ2) is 6.38. The summed E-state index contributed by atoms with van der Waals surface area (Å²) in [5.41, 5.74) is 2.11. The Morgan fingerprint density at radius 2 is 1.59 bits per heavy atom. The van der Waals surface area contributed by atoms with Gasteiger partial charge in [-0.2, -0.15) is 0 Å². The highest BCUT2D eigenvalue weighted by Gasteiger charge is 2.38. The SMILES string of the molecule is CC(C)(C)[Si](C)(C)Oc1ccc(-c2cc(Br)ccc2Cl)cc1. The zero-order valence-corrected chi connectivity index (χ0v) is 17.0. The third-order valence-corrected chi connectivity index (χ3v) is 9.45. The molecule has 0 N–H and O–H groups in total. The lowest BCUT2D eigenvalue weighted by Crippen LogP contribution is -2.43. The Bertz CT molecular complexity index is 660. The van der Waals surface area contributed by atoms with Crippen molar-refractivity contribution in [2.45, 2.75) is 38.9 Å². The highest BCUT2D eigenvalue weighted by molar-refractivity contribution is 9.10. The summed E-state index contributed by atoms with van der Waals surface area (Å²) in [4.78, 5) is 0. The molecule has 1 nitrogen and oxygen atoms in total. The van der Waals surface area contributed by atoms with E-state index >= 15 is 0 Å². The molecule has 0 unspecified atom stereocenters. The molecule has 22 heavy (non-hydrogen) atoms. The minimum absolute atomic E-state index is 0.194. The first-order valence-electron chi connectivity index (χ1n) is 7.35. The highest BCUT2D eigenvalue weighted by Crippen LogP contribution is 2.38. The first-order valence-corrected chi connectivity index (χ1v) is 11.4. The van der Waals surface area contributed by atoms with Crippen molar-refractivity contribution >= 4 is 35.8 Å². The van der Waals surface area contributed by atoms with Crippen LogP contribution in [-0.4, -0.2) is 8.32 Å². The van der Waals surface area contributed by atoms with Gasteiger partial charge in [0.1, 0.15) is 5.75 Å². The van der Waals surface area contributed by atoms with Crippen molar-refractivity contribution in [2.75, 3.05) is 0 Å². The van der Waals surface area contributed by atoms with Crippen molar-refractivity contribution in [2.24, 2.45) is 0 Å². The number of hydrogen-bond donors (Lipinski definition) is 0. The number of rotatable bonds is 3. The monoisotopic (exact) mass is 396 g/mol. The van der Waals surface area contributed by atoms with Crippen LogP contribution in [0, 0.1) is 0 Å². The molecule has 0 atom stereocenters. The maximum Gasteiger partial charge on any atom is 0.250 e. The number of hydrogen-bond acceptors (Lipinski definition) is 1. The third kappa shape index (κ3) is 3.95. The van der Waals surface area contributed by atoms with E-state index in [1.807, 2.05) is 30.3 Å². The Labute approximate surface area is 147 Å². The molecule has 2 aromatic rings. The van der Waals surface area contributed by atoms with Crippen molar-refractivity contribution < 1.29 is 4.43 Å². The quantitative estimate of drug-likeness (QED) is 0.499. The smallest absolute Gasteiger partial charge is 0.250 e. The maximum absolute atomic E-state index is 6.31. The second-order valence-electron chi connectivity index (χ2n) is 7.01. The van der Waals surface area contributed by atoms with Crippen LogP contribution in [0.15, 0.2) is 46.9 Å². The van der Waals surface area contributed by atoms with Crippen molar-refractivity contribution in [1.29, 1.82) is 0 Å². The Morgan fingerprint density at radius 3 is 2.14 bits per heavy atom. The summed E-state index contributed by atoms with van der Waals surface area (Å²) in [6, 6.07) is 14.1. The molecule has 0 heterocycles. The third-order valence-electron chi connectivity index (χ3n) is 4.27. The molecule has 2 rings (SSSR count). The maximum atomic E-state index is 6.31. The van der Waals surface area contributed by atoms with E-state index in [1.54, 1.807) is 0 Å². The largest absolute Gasteiger partial charge is 0.544 e. The van der Waals surface area contributed by atoms with Gasteiger partial charge in [-0.05, 0) is 54.0 Å². The lowest BCUT2D eigenvalue weighted by molar-refractivity contribution is 0.492. The number of benzene rings is 2. The summed E-state index contributed by atoms with van der Waals surface area (Å²) < 4.78 is 7.33. The molecule has 0 saturated carbocycles. The predicted molar refractivity (Wildman–Crippen MR) is 102 cm³/mol. The van der Waals surface area contributed by atoms with Gasteiger partial charge in [-0.25, -0.2) is 0 Å². The van der Waals surface area contributed by atoms with Crippen LogP contribution in [-0.2, 0) is 0 Å². The lowest BCUT2D eigenvalue weighted by atomic mass is 10.1. The molecule has 118 valence electrons. The molecule has 4 heteroatoms. The van der Waals surface area contributed by atoms with E-state index < -0.39 is 8.32 Å². The Hall–Kier alpha value is -0.773. The van der Waals surface area contributed by atoms with Crippen LogP contribution in [0.25, 0.3) is 11.1 Å². The first-order chi connectivity index (χ1) is 10.1. The summed E-state index contributed by atoms with van der Waals surface area (Å²) in [6.07, 6.45) is 0. The van der Waals surface area contributed by atoms with Gasteiger partial charge in [-0.15, -0.1) is 0 Å². The van der Waals surface area contributed by atoms with Gasteiger partial charge < -0.3 is 4.43 Å². The van der Waals surface area contributed by atoms with E-state index in [0.29, 0.717) is 0 Å². The van der Waals surface area contributed by atoms with Gasteiger partial charge in [0.2, 0.25) is 8.32 Å². The van der Waals surface area contributed by atoms with Crippen LogP contribution in [0.3, 0.4) is 0 Å². The van der Waals surface area contributed by atoms with Crippen LogP contribution in [0.2, 0.25) is 23.2 Å². The van der Waals surface area contributed by atoms with Crippen LogP contribution < -0.4 is 4.43 Å². The Morgan fingerprint density at radius 1 is 1.00 bits per heavy atom. The fourth-order valence-corrected chi connectivity index (χ4v) is 3.49. The van der Waals surface area contributed by atoms with Crippen molar-refractivity contribution in [3.63, 3.8) is 0 Å². The van der Waals surface area contributed by atoms with E-state index in [-0.39, 0.29) is 5.04 Å². The molecule has 2 aromatic carbocycles. The van der Waals surface area contributed by atoms with E-state index in [2.05, 4.69) is 61.9 Å². The van der Waals surface area contributed by atoms with E-state index in [0.717, 1.165) is 26.4 Å². The summed E-state index contributed by atoms with van der Waals surface area (Å²) in [5, 5.41) is 0.945. The fourth-order valence-electron chi connectivity index (χ4n) is 1.87. The molecule has 0 aliphatic rings. The van der Waals surface area contributed by atoms with E-state index in [9.17, 15) is 0 Å². The van der Waals surface area contributed by atoms with E-state index in [4.69, 9.17) is 16.0 Å². The molecule has 0 bridgehead atoms. The zero-order valence-electron chi connectivity index (χ0n) is 13.7. The molecule has 0 aliphatic heterocycles. The minimum Gasteiger partial charge on any atom is -0.544 e. The predicted octanol–water partition coefficient (Wildman–Crippen LogP) is 7.15. The summed E-state index contributed by atoms with van der Waals surface area (Å²) >= 11 is 9.78. The standard InChI is InChI=1S/C18H22BrClOSi/c1-18(2,3)22(4,5)21-15-9-6-13(7-10-15)16-12-14(19)8-11-17(16)20/h6-12H,1-5H3. The number of halogens is 2. The molecular weight excluding hydrogens is 376 g/mol. The summed E-state index contributed by atoms with van der Waals surface area (Å²) in [6.45, 7) is 11.2. The fraction of sp³-hybridized carbons (Fsp3) is 0.333. The van der Waals surface area contributed by atoms with Gasteiger partial charge in [-0.1, -0.05) is 60.4 Å². The van der Waals surface area contributed by atoms with Crippen LogP contribution >= 0.6 is 27.5 Å². The van der Waals surface area contributed by atoms with Crippen molar-refractivity contribution in [3.05, 3.63) is 52.0 Å². The van der Waals surface area contributed by atoms with Gasteiger partial charge in [-0.3, -0.25) is 0 Å².